The molecule has 1 saturated carbocycles. The normalized spacial score (nSPS) is 40.0. The molecule has 1 atom stereocenters. The van der Waals surface area contributed by atoms with Crippen molar-refractivity contribution in [1.29, 1.82) is 0 Å². The highest BCUT2D eigenvalue weighted by molar-refractivity contribution is 6.31. The van der Waals surface area contributed by atoms with Gasteiger partial charge in [-0.2, -0.15) is 0 Å². The molecule has 0 heterocycles. The zero-order chi connectivity index (χ0) is 16.3. The molecule has 2 rings (SSSR count). The van der Waals surface area contributed by atoms with Crippen molar-refractivity contribution in [3.05, 3.63) is 34.9 Å². The summed E-state index contributed by atoms with van der Waals surface area (Å²) in [5, 5.41) is 0.0375. The van der Waals surface area contributed by atoms with E-state index in [1.807, 2.05) is 0 Å². The number of hydrogen-bond acceptors (Lipinski definition) is 2. The molecule has 1 aromatic rings. The van der Waals surface area contributed by atoms with E-state index in [1.165, 1.54) is 18.2 Å². The molecule has 0 bridgehead atoms. The van der Waals surface area contributed by atoms with Crippen LogP contribution in [-0.4, -0.2) is 5.78 Å². The van der Waals surface area contributed by atoms with E-state index < -0.39 is 36.9 Å². The number of rotatable bonds is 1. The van der Waals surface area contributed by atoms with Gasteiger partial charge in [0.15, 0.2) is 5.78 Å². The summed E-state index contributed by atoms with van der Waals surface area (Å²) < 4.78 is 47.1. The van der Waals surface area contributed by atoms with E-state index in [-0.39, 0.29) is 23.0 Å². The van der Waals surface area contributed by atoms with Crippen LogP contribution in [0.25, 0.3) is 0 Å². The lowest BCUT2D eigenvalue weighted by molar-refractivity contribution is -0.126. The lowest BCUT2D eigenvalue weighted by Gasteiger charge is -2.32. The van der Waals surface area contributed by atoms with Gasteiger partial charge in [0.05, 0.1) is 0 Å². The van der Waals surface area contributed by atoms with Crippen molar-refractivity contribution < 1.29 is 13.0 Å². The number of Topliss-reactive ketones (excluding diaryl/α,β-unsaturated/α-hetero) is 1. The highest BCUT2D eigenvalue weighted by Gasteiger charge is 2.38. The fourth-order valence-corrected chi connectivity index (χ4v) is 1.76. The molecule has 2 nitrogen and oxygen atoms in total. The van der Waals surface area contributed by atoms with Crippen LogP contribution in [-0.2, 0) is 10.3 Å². The molecule has 1 aromatic carbocycles. The Kier molecular flexibility index (Phi) is 2.26. The Morgan fingerprint density at radius 1 is 1.38 bits per heavy atom. The monoisotopic (exact) mass is 265 g/mol. The molecule has 0 amide bonds. The second-order valence-corrected chi connectivity index (χ2v) is 3.72. The molecule has 1 aliphatic carbocycles. The average molecular weight is 266 g/mol. The molecular formula is C12H15Cl2NO. The van der Waals surface area contributed by atoms with Crippen molar-refractivity contribution in [1.82, 2.24) is 0 Å². The van der Waals surface area contributed by atoms with E-state index >= 15 is 0 Å². The maximum absolute atomic E-state index is 12.4. The van der Waals surface area contributed by atoms with Crippen LogP contribution in [0, 0.1) is 0 Å². The number of carbonyl (C=O) groups is 1. The third kappa shape index (κ3) is 2.24. The highest BCUT2D eigenvalue weighted by Crippen LogP contribution is 2.35. The van der Waals surface area contributed by atoms with Crippen molar-refractivity contribution >= 4 is 29.8 Å². The maximum atomic E-state index is 12.4. The van der Waals surface area contributed by atoms with E-state index in [0.29, 0.717) is 0 Å². The highest BCUT2D eigenvalue weighted by atomic mass is 35.5. The van der Waals surface area contributed by atoms with E-state index in [2.05, 4.69) is 0 Å². The van der Waals surface area contributed by atoms with Crippen LogP contribution < -0.4 is 5.73 Å². The molecule has 88 valence electrons. The van der Waals surface area contributed by atoms with Gasteiger partial charge in [-0.3, -0.25) is 4.79 Å². The van der Waals surface area contributed by atoms with Crippen molar-refractivity contribution in [3.8, 4) is 0 Å². The Labute approximate surface area is 115 Å². The first-order valence-corrected chi connectivity index (χ1v) is 4.84. The molecule has 1 fully saturated rings. The predicted octanol–water partition coefficient (Wildman–Crippen LogP) is 3.06. The van der Waals surface area contributed by atoms with Crippen LogP contribution >= 0.6 is 24.0 Å². The largest absolute Gasteiger partial charge is 0.315 e. The third-order valence-electron chi connectivity index (χ3n) is 2.34. The number of carbonyl (C=O) groups excluding carboxylic acids is 1. The third-order valence-corrected chi connectivity index (χ3v) is 2.67. The Bertz CT molecular complexity index is 609. The molecule has 2 N–H and O–H groups in total. The molecular weight excluding hydrogens is 245 g/mol. The SMILES string of the molecule is Cl.[2H]C1([2H])CC(=O)[C@@](N)(c2ccccc2Cl)C([2H])([2H])C1([2H])[2H]. The average Bonchev–Trinajstić information content (AvgIpc) is 2.35. The van der Waals surface area contributed by atoms with E-state index in [9.17, 15) is 4.79 Å². The minimum Gasteiger partial charge on any atom is -0.315 e. The van der Waals surface area contributed by atoms with Crippen LogP contribution in [0.2, 0.25) is 5.02 Å². The first kappa shape index (κ1) is 7.00. The van der Waals surface area contributed by atoms with Crippen LogP contribution in [0.5, 0.6) is 0 Å². The number of benzene rings is 1. The Hall–Kier alpha value is -0.570. The summed E-state index contributed by atoms with van der Waals surface area (Å²) in [6.45, 7) is 0. The second kappa shape index (κ2) is 5.17. The topological polar surface area (TPSA) is 43.1 Å². The van der Waals surface area contributed by atoms with E-state index in [0.717, 1.165) is 0 Å². The molecule has 0 radical (unpaired) electrons. The summed E-state index contributed by atoms with van der Waals surface area (Å²) in [7, 11) is 0. The first-order chi connectivity index (χ1) is 9.39. The summed E-state index contributed by atoms with van der Waals surface area (Å²) in [5.41, 5.74) is 3.60. The van der Waals surface area contributed by atoms with Gasteiger partial charge in [-0.05, 0) is 24.4 Å². The molecule has 0 aromatic heterocycles. The van der Waals surface area contributed by atoms with Gasteiger partial charge in [-0.25, -0.2) is 0 Å². The summed E-state index contributed by atoms with van der Waals surface area (Å²) in [6.07, 6.45) is -9.40. The van der Waals surface area contributed by atoms with Gasteiger partial charge >= 0.3 is 0 Å². The summed E-state index contributed by atoms with van der Waals surface area (Å²) in [4.78, 5) is 12.4. The summed E-state index contributed by atoms with van der Waals surface area (Å²) >= 11 is 5.99. The molecule has 0 aliphatic heterocycles. The van der Waals surface area contributed by atoms with Crippen molar-refractivity contribution in [2.75, 3.05) is 0 Å². The van der Waals surface area contributed by atoms with Gasteiger partial charge in [0, 0.05) is 19.7 Å². The minimum absolute atomic E-state index is 0. The van der Waals surface area contributed by atoms with Crippen LogP contribution in [0.4, 0.5) is 0 Å². The van der Waals surface area contributed by atoms with Gasteiger partial charge < -0.3 is 5.73 Å². The van der Waals surface area contributed by atoms with Crippen molar-refractivity contribution in [3.63, 3.8) is 0 Å². The zero-order valence-electron chi connectivity index (χ0n) is 14.3. The Balaban J connectivity index is 0.00000242. The number of hydrogen-bond donors (Lipinski definition) is 1. The van der Waals surface area contributed by atoms with Gasteiger partial charge in [0.25, 0.3) is 0 Å². The smallest absolute Gasteiger partial charge is 0.157 e. The first-order valence-electron chi connectivity index (χ1n) is 7.47. The molecule has 0 unspecified atom stereocenters. The summed E-state index contributed by atoms with van der Waals surface area (Å²) in [6, 6.07) is 5.87. The van der Waals surface area contributed by atoms with E-state index in [1.54, 1.807) is 6.07 Å². The molecule has 1 aliphatic rings. The lowest BCUT2D eigenvalue weighted by Crippen LogP contribution is -2.47. The van der Waals surface area contributed by atoms with Crippen LogP contribution in [0.3, 0.4) is 0 Å². The van der Waals surface area contributed by atoms with Gasteiger partial charge in [-0.15, -0.1) is 12.4 Å². The van der Waals surface area contributed by atoms with Gasteiger partial charge in [0.2, 0.25) is 0 Å². The fraction of sp³-hybridized carbons (Fsp3) is 0.417. The zero-order valence-corrected chi connectivity index (χ0v) is 9.86. The molecule has 0 saturated heterocycles. The van der Waals surface area contributed by atoms with Gasteiger partial charge in [0.1, 0.15) is 5.54 Å². The lowest BCUT2D eigenvalue weighted by atomic mass is 9.76. The van der Waals surface area contributed by atoms with E-state index in [4.69, 9.17) is 25.6 Å². The van der Waals surface area contributed by atoms with Crippen LogP contribution in [0.15, 0.2) is 24.3 Å². The Morgan fingerprint density at radius 2 is 2.06 bits per heavy atom. The molecule has 16 heavy (non-hydrogen) atoms. The maximum Gasteiger partial charge on any atom is 0.157 e. The van der Waals surface area contributed by atoms with Crippen LogP contribution in [0.1, 0.15) is 39.3 Å². The number of halogens is 2. The Morgan fingerprint density at radius 3 is 2.75 bits per heavy atom. The standard InChI is InChI=1S/C12H14ClNO.ClH/c13-10-6-2-1-5-9(10)12(14)8-4-3-7-11(12)15;/h1-2,5-6H,3-4,7-8,14H2;1H/t12-;/m0./s1/i3D2,4D2,8D2;. The molecule has 0 spiro atoms. The second-order valence-electron chi connectivity index (χ2n) is 3.31. The van der Waals surface area contributed by atoms with Crippen molar-refractivity contribution in [2.45, 2.75) is 31.1 Å². The predicted molar refractivity (Wildman–Crippen MR) is 68.0 cm³/mol. The number of nitrogens with two attached hydrogens (primary N) is 1. The van der Waals surface area contributed by atoms with Gasteiger partial charge in [-0.1, -0.05) is 36.2 Å². The number of ketones is 1. The quantitative estimate of drug-likeness (QED) is 0.848. The van der Waals surface area contributed by atoms with Crippen molar-refractivity contribution in [2.24, 2.45) is 5.73 Å². The minimum atomic E-state index is -2.97. The fourth-order valence-electron chi connectivity index (χ4n) is 1.47. The molecule has 4 heteroatoms. The summed E-state index contributed by atoms with van der Waals surface area (Å²) in [5.74, 6) is -0.916.